The Bertz CT molecular complexity index is 902. The zero-order chi connectivity index (χ0) is 20.5. The first kappa shape index (κ1) is 21.7. The van der Waals surface area contributed by atoms with Gasteiger partial charge in [-0.25, -0.2) is 0 Å². The summed E-state index contributed by atoms with van der Waals surface area (Å²) in [6.07, 6.45) is 2.95. The topological polar surface area (TPSA) is 79.5 Å². The van der Waals surface area contributed by atoms with Crippen LogP contribution in [0.4, 0.5) is 0 Å². The molecule has 2 aromatic rings. The van der Waals surface area contributed by atoms with E-state index >= 15 is 0 Å². The quantitative estimate of drug-likeness (QED) is 0.377. The van der Waals surface area contributed by atoms with Crippen molar-refractivity contribution in [2.75, 3.05) is 6.61 Å². The summed E-state index contributed by atoms with van der Waals surface area (Å²) in [6.45, 7) is 2.49. The van der Waals surface area contributed by atoms with E-state index in [1.807, 2.05) is 31.2 Å². The highest BCUT2D eigenvalue weighted by atomic mass is 35.5. The number of hydrogen-bond acceptors (Lipinski definition) is 4. The number of carbonyl (C=O) groups is 2. The number of hydrazine groups is 1. The predicted molar refractivity (Wildman–Crippen MR) is 114 cm³/mol. The summed E-state index contributed by atoms with van der Waals surface area (Å²) in [4.78, 5) is 24.0. The molecule has 6 nitrogen and oxygen atoms in total. The van der Waals surface area contributed by atoms with Gasteiger partial charge in [-0.2, -0.15) is 0 Å². The van der Waals surface area contributed by atoms with E-state index in [0.717, 1.165) is 11.3 Å². The van der Waals surface area contributed by atoms with Gasteiger partial charge >= 0.3 is 0 Å². The number of ether oxygens (including phenoxy) is 1. The van der Waals surface area contributed by atoms with Crippen molar-refractivity contribution in [3.05, 3.63) is 69.7 Å². The Labute approximate surface area is 177 Å². The van der Waals surface area contributed by atoms with Gasteiger partial charge < -0.3 is 4.74 Å². The number of carbonyl (C=O) groups excluding carboxylic acids is 2. The molecule has 0 aromatic heterocycles. The molecular weight excluding hydrogens is 421 g/mol. The first-order chi connectivity index (χ1) is 13.4. The van der Waals surface area contributed by atoms with Crippen molar-refractivity contribution in [3.63, 3.8) is 0 Å². The minimum atomic E-state index is -0.525. The molecule has 0 aliphatic carbocycles. The van der Waals surface area contributed by atoms with Gasteiger partial charge in [-0.3, -0.25) is 25.8 Å². The Kier molecular flexibility index (Phi) is 8.25. The van der Waals surface area contributed by atoms with Gasteiger partial charge in [0.1, 0.15) is 5.75 Å². The first-order valence-electron chi connectivity index (χ1n) is 8.16. The molecule has 3 N–H and O–H groups in total. The Hall–Kier alpha value is -2.61. The molecule has 28 heavy (non-hydrogen) atoms. The molecule has 0 aliphatic heterocycles. The highest BCUT2D eigenvalue weighted by Gasteiger charge is 2.11. The van der Waals surface area contributed by atoms with Crippen LogP contribution in [0.2, 0.25) is 10.0 Å². The fourth-order valence-electron chi connectivity index (χ4n) is 2.05. The van der Waals surface area contributed by atoms with Crippen LogP contribution in [0.3, 0.4) is 0 Å². The van der Waals surface area contributed by atoms with Crippen molar-refractivity contribution in [2.24, 2.45) is 0 Å². The normalized spacial score (nSPS) is 10.4. The summed E-state index contributed by atoms with van der Waals surface area (Å²) in [6, 6.07) is 11.7. The highest BCUT2D eigenvalue weighted by molar-refractivity contribution is 7.80. The molecule has 0 unspecified atom stereocenters. The number of rotatable bonds is 5. The number of nitrogens with one attached hydrogen (secondary N) is 3. The third-order valence-corrected chi connectivity index (χ3v) is 4.07. The maximum absolute atomic E-state index is 12.1. The second-order valence-electron chi connectivity index (χ2n) is 5.36. The first-order valence-corrected chi connectivity index (χ1v) is 9.32. The van der Waals surface area contributed by atoms with E-state index in [0.29, 0.717) is 11.6 Å². The summed E-state index contributed by atoms with van der Waals surface area (Å²) in [5, 5.41) is 2.95. The smallest absolute Gasteiger partial charge is 0.271 e. The van der Waals surface area contributed by atoms with Crippen LogP contribution in [0.15, 0.2) is 48.5 Å². The second kappa shape index (κ2) is 10.7. The van der Waals surface area contributed by atoms with Crippen LogP contribution >= 0.6 is 35.4 Å². The molecule has 0 aliphatic rings. The number of amides is 2. The minimum Gasteiger partial charge on any atom is -0.494 e. The molecule has 2 amide bonds. The molecule has 146 valence electrons. The van der Waals surface area contributed by atoms with Gasteiger partial charge in [-0.15, -0.1) is 0 Å². The van der Waals surface area contributed by atoms with Crippen molar-refractivity contribution in [3.8, 4) is 5.75 Å². The minimum absolute atomic E-state index is 0.0696. The standard InChI is InChI=1S/C19H17Cl2N3O3S/c1-2-27-14-7-3-12(4-8-14)5-10-17(25)22-19(28)24-23-18(26)15-9-6-13(20)11-16(15)21/h3-11H,2H2,1H3,(H,23,26)(H2,22,24,25,28)/b10-5+. The average Bonchev–Trinajstić information content (AvgIpc) is 2.66. The van der Waals surface area contributed by atoms with E-state index in [9.17, 15) is 9.59 Å². The molecule has 2 rings (SSSR count). The van der Waals surface area contributed by atoms with E-state index in [4.69, 9.17) is 40.2 Å². The van der Waals surface area contributed by atoms with E-state index in [2.05, 4.69) is 16.2 Å². The fourth-order valence-corrected chi connectivity index (χ4v) is 2.70. The van der Waals surface area contributed by atoms with Crippen LogP contribution in [0.1, 0.15) is 22.8 Å². The highest BCUT2D eigenvalue weighted by Crippen LogP contribution is 2.20. The molecule has 0 saturated heterocycles. The molecule has 2 aromatic carbocycles. The van der Waals surface area contributed by atoms with Gasteiger partial charge in [-0.05, 0) is 61.1 Å². The van der Waals surface area contributed by atoms with Gasteiger partial charge in [0.25, 0.3) is 5.91 Å². The van der Waals surface area contributed by atoms with Gasteiger partial charge in [0.05, 0.1) is 17.2 Å². The summed E-state index contributed by atoms with van der Waals surface area (Å²) >= 11 is 16.7. The van der Waals surface area contributed by atoms with Crippen LogP contribution in [0, 0.1) is 0 Å². The van der Waals surface area contributed by atoms with Crippen LogP contribution < -0.4 is 20.9 Å². The van der Waals surface area contributed by atoms with Gasteiger partial charge in [-0.1, -0.05) is 35.3 Å². The molecular formula is C19H17Cl2N3O3S. The van der Waals surface area contributed by atoms with Crippen LogP contribution in [0.25, 0.3) is 6.08 Å². The van der Waals surface area contributed by atoms with Crippen LogP contribution in [0.5, 0.6) is 5.75 Å². The zero-order valence-corrected chi connectivity index (χ0v) is 17.1. The fraction of sp³-hybridized carbons (Fsp3) is 0.105. The summed E-state index contributed by atoms with van der Waals surface area (Å²) < 4.78 is 5.35. The lowest BCUT2D eigenvalue weighted by atomic mass is 10.2. The molecule has 9 heteroatoms. The van der Waals surface area contributed by atoms with E-state index in [1.165, 1.54) is 24.3 Å². The molecule has 0 fully saturated rings. The number of hydrogen-bond donors (Lipinski definition) is 3. The van der Waals surface area contributed by atoms with Crippen LogP contribution in [-0.4, -0.2) is 23.5 Å². The van der Waals surface area contributed by atoms with Crippen molar-refractivity contribution in [2.45, 2.75) is 6.92 Å². The average molecular weight is 438 g/mol. The Morgan fingerprint density at radius 1 is 1.11 bits per heavy atom. The zero-order valence-electron chi connectivity index (χ0n) is 14.8. The van der Waals surface area contributed by atoms with E-state index < -0.39 is 11.8 Å². The third-order valence-electron chi connectivity index (χ3n) is 3.32. The largest absolute Gasteiger partial charge is 0.494 e. The summed E-state index contributed by atoms with van der Waals surface area (Å²) in [7, 11) is 0. The summed E-state index contributed by atoms with van der Waals surface area (Å²) in [5.74, 6) is -0.223. The Balaban J connectivity index is 1.81. The van der Waals surface area contributed by atoms with Crippen LogP contribution in [-0.2, 0) is 4.79 Å². The number of halogens is 2. The molecule has 0 spiro atoms. The van der Waals surface area contributed by atoms with E-state index in [1.54, 1.807) is 6.08 Å². The lowest BCUT2D eigenvalue weighted by molar-refractivity contribution is -0.115. The maximum atomic E-state index is 12.1. The molecule has 0 heterocycles. The molecule has 0 saturated carbocycles. The van der Waals surface area contributed by atoms with Gasteiger partial charge in [0.2, 0.25) is 5.91 Å². The monoisotopic (exact) mass is 437 g/mol. The van der Waals surface area contributed by atoms with Crippen molar-refractivity contribution < 1.29 is 14.3 Å². The Morgan fingerprint density at radius 2 is 1.82 bits per heavy atom. The lowest BCUT2D eigenvalue weighted by Gasteiger charge is -2.10. The molecule has 0 atom stereocenters. The van der Waals surface area contributed by atoms with Gasteiger partial charge in [0, 0.05) is 11.1 Å². The lowest BCUT2D eigenvalue weighted by Crippen LogP contribution is -2.48. The van der Waals surface area contributed by atoms with E-state index in [-0.39, 0.29) is 15.7 Å². The molecule has 0 radical (unpaired) electrons. The number of benzene rings is 2. The van der Waals surface area contributed by atoms with Crippen molar-refractivity contribution >= 4 is 58.4 Å². The van der Waals surface area contributed by atoms with Crippen molar-refractivity contribution in [1.29, 1.82) is 0 Å². The number of thiocarbonyl (C=S) groups is 1. The van der Waals surface area contributed by atoms with Gasteiger partial charge in [0.15, 0.2) is 5.11 Å². The summed E-state index contributed by atoms with van der Waals surface area (Å²) in [5.41, 5.74) is 5.81. The SMILES string of the molecule is CCOc1ccc(/C=C/C(=O)NC(=S)NNC(=O)c2ccc(Cl)cc2Cl)cc1. The Morgan fingerprint density at radius 3 is 2.46 bits per heavy atom. The maximum Gasteiger partial charge on any atom is 0.271 e. The van der Waals surface area contributed by atoms with Crippen molar-refractivity contribution in [1.82, 2.24) is 16.2 Å². The molecule has 0 bridgehead atoms. The second-order valence-corrected chi connectivity index (χ2v) is 6.61. The predicted octanol–water partition coefficient (Wildman–Crippen LogP) is 3.74. The third kappa shape index (κ3) is 6.84.